The van der Waals surface area contributed by atoms with Gasteiger partial charge in [0.25, 0.3) is 5.91 Å². The zero-order valence-electron chi connectivity index (χ0n) is 12.1. The number of hydrogen-bond acceptors (Lipinski definition) is 2. The first-order chi connectivity index (χ1) is 10.2. The fourth-order valence-electron chi connectivity index (χ4n) is 2.43. The number of anilines is 1. The molecular weight excluding hydrogens is 260 g/mol. The predicted octanol–water partition coefficient (Wildman–Crippen LogP) is 4.10. The molecule has 2 aromatic carbocycles. The Morgan fingerprint density at radius 1 is 0.952 bits per heavy atom. The minimum atomic E-state index is -0.107. The number of pyridine rings is 1. The Morgan fingerprint density at radius 2 is 1.76 bits per heavy atom. The quantitative estimate of drug-likeness (QED) is 0.765. The lowest BCUT2D eigenvalue weighted by Crippen LogP contribution is -2.13. The summed E-state index contributed by atoms with van der Waals surface area (Å²) < 4.78 is 0. The molecule has 1 amide bonds. The highest BCUT2D eigenvalue weighted by Gasteiger charge is 2.11. The van der Waals surface area contributed by atoms with E-state index in [0.29, 0.717) is 5.56 Å². The number of aryl methyl sites for hydroxylation is 2. The Morgan fingerprint density at radius 3 is 2.57 bits per heavy atom. The first-order valence-corrected chi connectivity index (χ1v) is 6.88. The van der Waals surface area contributed by atoms with Crippen LogP contribution in [-0.2, 0) is 0 Å². The van der Waals surface area contributed by atoms with Crippen molar-refractivity contribution in [3.8, 4) is 0 Å². The number of amides is 1. The largest absolute Gasteiger partial charge is 0.320 e. The topological polar surface area (TPSA) is 42.0 Å². The molecule has 0 aliphatic carbocycles. The number of carbonyl (C=O) groups excluding carboxylic acids is 1. The number of rotatable bonds is 2. The van der Waals surface area contributed by atoms with Gasteiger partial charge < -0.3 is 5.32 Å². The molecule has 0 aliphatic heterocycles. The molecule has 21 heavy (non-hydrogen) atoms. The van der Waals surface area contributed by atoms with Gasteiger partial charge in [-0.2, -0.15) is 0 Å². The van der Waals surface area contributed by atoms with Crippen LogP contribution >= 0.6 is 0 Å². The smallest absolute Gasteiger partial charge is 0.255 e. The number of carbonyl (C=O) groups is 1. The predicted molar refractivity (Wildman–Crippen MR) is 85.6 cm³/mol. The van der Waals surface area contributed by atoms with Crippen molar-refractivity contribution < 1.29 is 4.79 Å². The number of fused-ring (bicyclic) bond motifs is 1. The molecule has 0 saturated carbocycles. The zero-order chi connectivity index (χ0) is 14.8. The van der Waals surface area contributed by atoms with Crippen LogP contribution in [0.15, 0.2) is 54.7 Å². The van der Waals surface area contributed by atoms with Crippen LogP contribution in [0, 0.1) is 13.8 Å². The summed E-state index contributed by atoms with van der Waals surface area (Å²) in [6.45, 7) is 3.97. The number of nitrogens with zero attached hydrogens (tertiary/aromatic N) is 1. The Hall–Kier alpha value is -2.68. The van der Waals surface area contributed by atoms with Crippen LogP contribution in [0.5, 0.6) is 0 Å². The van der Waals surface area contributed by atoms with Gasteiger partial charge in [-0.3, -0.25) is 9.78 Å². The summed E-state index contributed by atoms with van der Waals surface area (Å²) in [5.74, 6) is -0.107. The molecule has 3 rings (SSSR count). The van der Waals surface area contributed by atoms with Crippen molar-refractivity contribution in [3.05, 3.63) is 71.4 Å². The van der Waals surface area contributed by atoms with Crippen molar-refractivity contribution in [2.24, 2.45) is 0 Å². The van der Waals surface area contributed by atoms with Gasteiger partial charge in [-0.25, -0.2) is 0 Å². The lowest BCUT2D eigenvalue weighted by Gasteiger charge is -2.11. The van der Waals surface area contributed by atoms with Crippen molar-refractivity contribution in [2.75, 3.05) is 5.32 Å². The Labute approximate surface area is 123 Å². The van der Waals surface area contributed by atoms with Gasteiger partial charge in [0.1, 0.15) is 0 Å². The van der Waals surface area contributed by atoms with Crippen LogP contribution in [0.2, 0.25) is 0 Å². The Kier molecular flexibility index (Phi) is 3.40. The standard InChI is InChI=1S/C18H16N2O/c1-12-6-3-4-7-15(12)18(21)20-16-10-9-13(2)14-8-5-11-19-17(14)16/h3-11H,1-2H3,(H,20,21). The van der Waals surface area contributed by atoms with E-state index in [2.05, 4.69) is 10.3 Å². The lowest BCUT2D eigenvalue weighted by molar-refractivity contribution is 0.102. The van der Waals surface area contributed by atoms with Gasteiger partial charge >= 0.3 is 0 Å². The van der Waals surface area contributed by atoms with Crippen LogP contribution in [0.1, 0.15) is 21.5 Å². The van der Waals surface area contributed by atoms with Crippen molar-refractivity contribution in [1.82, 2.24) is 4.98 Å². The van der Waals surface area contributed by atoms with Crippen LogP contribution in [0.3, 0.4) is 0 Å². The summed E-state index contributed by atoms with van der Waals surface area (Å²) in [6, 6.07) is 15.4. The third kappa shape index (κ3) is 2.50. The van der Waals surface area contributed by atoms with Gasteiger partial charge in [-0.05, 0) is 43.2 Å². The molecule has 1 heterocycles. The fraction of sp³-hybridized carbons (Fsp3) is 0.111. The summed E-state index contributed by atoms with van der Waals surface area (Å²) in [5.41, 5.74) is 4.34. The highest BCUT2D eigenvalue weighted by molar-refractivity contribution is 6.09. The molecule has 0 spiro atoms. The monoisotopic (exact) mass is 276 g/mol. The molecule has 0 aliphatic rings. The summed E-state index contributed by atoms with van der Waals surface area (Å²) >= 11 is 0. The van der Waals surface area contributed by atoms with E-state index in [1.54, 1.807) is 6.20 Å². The van der Waals surface area contributed by atoms with Crippen molar-refractivity contribution in [2.45, 2.75) is 13.8 Å². The summed E-state index contributed by atoms with van der Waals surface area (Å²) in [7, 11) is 0. The molecule has 3 nitrogen and oxygen atoms in total. The third-order valence-corrected chi connectivity index (χ3v) is 3.63. The first kappa shape index (κ1) is 13.3. The highest BCUT2D eigenvalue weighted by Crippen LogP contribution is 2.24. The van der Waals surface area contributed by atoms with E-state index in [9.17, 15) is 4.79 Å². The fourth-order valence-corrected chi connectivity index (χ4v) is 2.43. The van der Waals surface area contributed by atoms with Crippen molar-refractivity contribution in [3.63, 3.8) is 0 Å². The van der Waals surface area contributed by atoms with Gasteiger partial charge in [0.2, 0.25) is 0 Å². The average molecular weight is 276 g/mol. The molecule has 1 aromatic heterocycles. The third-order valence-electron chi connectivity index (χ3n) is 3.63. The van der Waals surface area contributed by atoms with E-state index < -0.39 is 0 Å². The highest BCUT2D eigenvalue weighted by atomic mass is 16.1. The Balaban J connectivity index is 2.01. The normalized spacial score (nSPS) is 10.6. The van der Waals surface area contributed by atoms with E-state index in [4.69, 9.17) is 0 Å². The SMILES string of the molecule is Cc1ccccc1C(=O)Nc1ccc(C)c2cccnc12. The van der Waals surface area contributed by atoms with Crippen LogP contribution < -0.4 is 5.32 Å². The first-order valence-electron chi connectivity index (χ1n) is 6.88. The minimum Gasteiger partial charge on any atom is -0.320 e. The maximum absolute atomic E-state index is 12.4. The zero-order valence-corrected chi connectivity index (χ0v) is 12.1. The average Bonchev–Trinajstić information content (AvgIpc) is 2.51. The maximum atomic E-state index is 12.4. The molecule has 0 fully saturated rings. The van der Waals surface area contributed by atoms with Gasteiger partial charge in [-0.15, -0.1) is 0 Å². The van der Waals surface area contributed by atoms with Gasteiger partial charge in [-0.1, -0.05) is 30.3 Å². The van der Waals surface area contributed by atoms with E-state index in [-0.39, 0.29) is 5.91 Å². The molecule has 0 unspecified atom stereocenters. The number of aromatic nitrogens is 1. The summed E-state index contributed by atoms with van der Waals surface area (Å²) in [6.07, 6.45) is 1.74. The lowest BCUT2D eigenvalue weighted by atomic mass is 10.1. The van der Waals surface area contributed by atoms with Crippen LogP contribution in [0.25, 0.3) is 10.9 Å². The van der Waals surface area contributed by atoms with Crippen LogP contribution in [-0.4, -0.2) is 10.9 Å². The second-order valence-corrected chi connectivity index (χ2v) is 5.10. The number of nitrogens with one attached hydrogen (secondary N) is 1. The van der Waals surface area contributed by atoms with E-state index in [0.717, 1.165) is 27.7 Å². The van der Waals surface area contributed by atoms with Crippen molar-refractivity contribution in [1.29, 1.82) is 0 Å². The molecule has 3 heteroatoms. The van der Waals surface area contributed by atoms with Gasteiger partial charge in [0, 0.05) is 17.1 Å². The van der Waals surface area contributed by atoms with Crippen LogP contribution in [0.4, 0.5) is 5.69 Å². The molecule has 0 radical (unpaired) electrons. The maximum Gasteiger partial charge on any atom is 0.255 e. The van der Waals surface area contributed by atoms with E-state index in [1.165, 1.54) is 0 Å². The minimum absolute atomic E-state index is 0.107. The van der Waals surface area contributed by atoms with Crippen molar-refractivity contribution >= 4 is 22.5 Å². The second-order valence-electron chi connectivity index (χ2n) is 5.10. The number of hydrogen-bond donors (Lipinski definition) is 1. The molecule has 1 N–H and O–H groups in total. The summed E-state index contributed by atoms with van der Waals surface area (Å²) in [5, 5.41) is 4.02. The molecule has 0 saturated heterocycles. The molecule has 3 aromatic rings. The number of benzene rings is 2. The second kappa shape index (κ2) is 5.37. The van der Waals surface area contributed by atoms with E-state index >= 15 is 0 Å². The Bertz CT molecular complexity index is 824. The summed E-state index contributed by atoms with van der Waals surface area (Å²) in [4.78, 5) is 16.8. The molecule has 0 bridgehead atoms. The van der Waals surface area contributed by atoms with Gasteiger partial charge in [0.05, 0.1) is 11.2 Å². The molecular formula is C18H16N2O. The van der Waals surface area contributed by atoms with Gasteiger partial charge in [0.15, 0.2) is 0 Å². The molecule has 0 atom stereocenters. The van der Waals surface area contributed by atoms with E-state index in [1.807, 2.05) is 62.4 Å². The molecule has 104 valence electrons.